The number of esters is 1. The molecule has 116 valence electrons. The van der Waals surface area contributed by atoms with Crippen molar-refractivity contribution in [2.24, 2.45) is 0 Å². The van der Waals surface area contributed by atoms with Crippen molar-refractivity contribution in [3.8, 4) is 0 Å². The van der Waals surface area contributed by atoms with Crippen LogP contribution in [0.5, 0.6) is 0 Å². The lowest BCUT2D eigenvalue weighted by molar-refractivity contribution is 0.0600. The second-order valence-corrected chi connectivity index (χ2v) is 7.16. The Morgan fingerprint density at radius 3 is 2.76 bits per heavy atom. The van der Waals surface area contributed by atoms with E-state index < -0.39 is 16.0 Å². The smallest absolute Gasteiger partial charge is 0.337 e. The molecule has 0 aliphatic carbocycles. The predicted octanol–water partition coefficient (Wildman–Crippen LogP) is 1.11. The lowest BCUT2D eigenvalue weighted by Crippen LogP contribution is -2.52. The molecular weight excluding hydrogens is 316 g/mol. The zero-order chi connectivity index (χ0) is 15.6. The van der Waals surface area contributed by atoms with Crippen LogP contribution in [0.1, 0.15) is 17.3 Å². The maximum atomic E-state index is 12.7. The first kappa shape index (κ1) is 16.2. The van der Waals surface area contributed by atoms with Gasteiger partial charge in [0.1, 0.15) is 0 Å². The van der Waals surface area contributed by atoms with Crippen molar-refractivity contribution < 1.29 is 17.9 Å². The molecule has 0 spiro atoms. The van der Waals surface area contributed by atoms with Crippen molar-refractivity contribution in [2.75, 3.05) is 26.7 Å². The summed E-state index contributed by atoms with van der Waals surface area (Å²) in [6.45, 7) is 3.39. The lowest BCUT2D eigenvalue weighted by atomic mass is 10.2. The first-order valence-electron chi connectivity index (χ1n) is 6.47. The summed E-state index contributed by atoms with van der Waals surface area (Å²) in [6.07, 6.45) is 0. The summed E-state index contributed by atoms with van der Waals surface area (Å²) in [5, 5.41) is 3.31. The molecule has 2 rings (SSSR count). The van der Waals surface area contributed by atoms with E-state index in [2.05, 4.69) is 10.1 Å². The molecule has 0 radical (unpaired) electrons. The molecule has 0 bridgehead atoms. The number of sulfonamides is 1. The van der Waals surface area contributed by atoms with Gasteiger partial charge in [0.15, 0.2) is 0 Å². The van der Waals surface area contributed by atoms with Gasteiger partial charge in [0.2, 0.25) is 10.0 Å². The van der Waals surface area contributed by atoms with Gasteiger partial charge < -0.3 is 10.1 Å². The van der Waals surface area contributed by atoms with Crippen LogP contribution in [0.4, 0.5) is 0 Å². The third-order valence-electron chi connectivity index (χ3n) is 3.34. The zero-order valence-corrected chi connectivity index (χ0v) is 13.4. The van der Waals surface area contributed by atoms with E-state index in [1.807, 2.05) is 6.92 Å². The largest absolute Gasteiger partial charge is 0.465 e. The highest BCUT2D eigenvalue weighted by Gasteiger charge is 2.31. The Labute approximate surface area is 129 Å². The van der Waals surface area contributed by atoms with Gasteiger partial charge in [-0.15, -0.1) is 0 Å². The molecule has 0 amide bonds. The standard InChI is InChI=1S/C13H17ClN2O4S/c1-9-8-15-3-4-16(9)21(18,19)12-6-10(13(17)20-2)5-11(14)7-12/h5-7,9,15H,3-4,8H2,1-2H3. The quantitative estimate of drug-likeness (QED) is 0.839. The normalized spacial score (nSPS) is 20.2. The van der Waals surface area contributed by atoms with E-state index >= 15 is 0 Å². The average molecular weight is 333 g/mol. The Kier molecular flexibility index (Phi) is 4.88. The van der Waals surface area contributed by atoms with E-state index in [0.717, 1.165) is 0 Å². The number of carbonyl (C=O) groups is 1. The number of piperazine rings is 1. The Morgan fingerprint density at radius 1 is 1.43 bits per heavy atom. The fourth-order valence-corrected chi connectivity index (χ4v) is 4.26. The maximum absolute atomic E-state index is 12.7. The predicted molar refractivity (Wildman–Crippen MR) is 79.0 cm³/mol. The zero-order valence-electron chi connectivity index (χ0n) is 11.8. The Morgan fingerprint density at radius 2 is 2.14 bits per heavy atom. The molecule has 1 heterocycles. The van der Waals surface area contributed by atoms with Crippen molar-refractivity contribution in [1.82, 2.24) is 9.62 Å². The molecule has 1 atom stereocenters. The van der Waals surface area contributed by atoms with Crippen molar-refractivity contribution in [3.05, 3.63) is 28.8 Å². The van der Waals surface area contributed by atoms with Crippen LogP contribution in [-0.2, 0) is 14.8 Å². The van der Waals surface area contributed by atoms with Gasteiger partial charge in [0.05, 0.1) is 17.6 Å². The summed E-state index contributed by atoms with van der Waals surface area (Å²) in [7, 11) is -2.46. The molecule has 0 saturated carbocycles. The van der Waals surface area contributed by atoms with Crippen LogP contribution in [0.2, 0.25) is 5.02 Å². The first-order chi connectivity index (χ1) is 9.86. The summed E-state index contributed by atoms with van der Waals surface area (Å²) in [6, 6.07) is 3.86. The van der Waals surface area contributed by atoms with Crippen LogP contribution in [-0.4, -0.2) is 51.5 Å². The fourth-order valence-electron chi connectivity index (χ4n) is 2.26. The third kappa shape index (κ3) is 3.37. The SMILES string of the molecule is COC(=O)c1cc(Cl)cc(S(=O)(=O)N2CCNCC2C)c1. The molecule has 1 aliphatic heterocycles. The van der Waals surface area contributed by atoms with Gasteiger partial charge in [0, 0.05) is 30.7 Å². The number of hydrogen-bond acceptors (Lipinski definition) is 5. The molecule has 1 unspecified atom stereocenters. The van der Waals surface area contributed by atoms with Gasteiger partial charge in [-0.2, -0.15) is 4.31 Å². The Balaban J connectivity index is 2.44. The number of nitrogens with one attached hydrogen (secondary N) is 1. The van der Waals surface area contributed by atoms with E-state index in [9.17, 15) is 13.2 Å². The van der Waals surface area contributed by atoms with Crippen LogP contribution in [0, 0.1) is 0 Å². The molecule has 1 aromatic carbocycles. The van der Waals surface area contributed by atoms with E-state index in [4.69, 9.17) is 11.6 Å². The fraction of sp³-hybridized carbons (Fsp3) is 0.462. The molecule has 0 aromatic heterocycles. The highest BCUT2D eigenvalue weighted by molar-refractivity contribution is 7.89. The number of carbonyl (C=O) groups excluding carboxylic acids is 1. The van der Waals surface area contributed by atoms with Gasteiger partial charge in [-0.05, 0) is 25.1 Å². The summed E-state index contributed by atoms with van der Waals surface area (Å²) in [4.78, 5) is 11.6. The van der Waals surface area contributed by atoms with Crippen molar-refractivity contribution in [3.63, 3.8) is 0 Å². The highest BCUT2D eigenvalue weighted by Crippen LogP contribution is 2.24. The molecule has 1 saturated heterocycles. The molecule has 1 fully saturated rings. The monoisotopic (exact) mass is 332 g/mol. The molecule has 21 heavy (non-hydrogen) atoms. The molecule has 1 N–H and O–H groups in total. The molecule has 6 nitrogen and oxygen atoms in total. The van der Waals surface area contributed by atoms with Crippen molar-refractivity contribution in [2.45, 2.75) is 17.9 Å². The third-order valence-corrected chi connectivity index (χ3v) is 5.55. The number of nitrogens with zero attached hydrogens (tertiary/aromatic N) is 1. The lowest BCUT2D eigenvalue weighted by Gasteiger charge is -2.32. The first-order valence-corrected chi connectivity index (χ1v) is 8.29. The van der Waals surface area contributed by atoms with Gasteiger partial charge in [-0.1, -0.05) is 11.6 Å². The number of benzene rings is 1. The van der Waals surface area contributed by atoms with Crippen molar-refractivity contribution >= 4 is 27.6 Å². The summed E-state index contributed by atoms with van der Waals surface area (Å²) in [5.41, 5.74) is 0.117. The van der Waals surface area contributed by atoms with Crippen LogP contribution in [0.3, 0.4) is 0 Å². The number of rotatable bonds is 3. The van der Waals surface area contributed by atoms with Crippen molar-refractivity contribution in [1.29, 1.82) is 0 Å². The second kappa shape index (κ2) is 6.31. The Bertz CT molecular complexity index is 648. The molecule has 8 heteroatoms. The molecule has 1 aromatic rings. The van der Waals surface area contributed by atoms with E-state index in [1.165, 1.54) is 29.6 Å². The van der Waals surface area contributed by atoms with E-state index in [-0.39, 0.29) is 21.5 Å². The maximum Gasteiger partial charge on any atom is 0.337 e. The minimum Gasteiger partial charge on any atom is -0.465 e. The van der Waals surface area contributed by atoms with Crippen LogP contribution in [0.15, 0.2) is 23.1 Å². The molecular formula is C13H17ClN2O4S. The average Bonchev–Trinajstić information content (AvgIpc) is 2.46. The second-order valence-electron chi connectivity index (χ2n) is 4.84. The van der Waals surface area contributed by atoms with Crippen LogP contribution in [0.25, 0.3) is 0 Å². The van der Waals surface area contributed by atoms with Gasteiger partial charge in [0.25, 0.3) is 0 Å². The van der Waals surface area contributed by atoms with Gasteiger partial charge >= 0.3 is 5.97 Å². The summed E-state index contributed by atoms with van der Waals surface area (Å²) < 4.78 is 31.4. The number of methoxy groups -OCH3 is 1. The van der Waals surface area contributed by atoms with E-state index in [0.29, 0.717) is 19.6 Å². The van der Waals surface area contributed by atoms with Crippen LogP contribution < -0.4 is 5.32 Å². The minimum atomic E-state index is -3.70. The summed E-state index contributed by atoms with van der Waals surface area (Å²) >= 11 is 5.93. The molecule has 1 aliphatic rings. The number of halogens is 1. The highest BCUT2D eigenvalue weighted by atomic mass is 35.5. The minimum absolute atomic E-state index is 0.00384. The number of hydrogen-bond donors (Lipinski definition) is 1. The summed E-state index contributed by atoms with van der Waals surface area (Å²) in [5.74, 6) is -0.623. The van der Waals surface area contributed by atoms with E-state index in [1.54, 1.807) is 0 Å². The Hall–Kier alpha value is -1.15. The number of ether oxygens (including phenoxy) is 1. The van der Waals surface area contributed by atoms with Gasteiger partial charge in [-0.3, -0.25) is 0 Å². The van der Waals surface area contributed by atoms with Crippen LogP contribution >= 0.6 is 11.6 Å². The topological polar surface area (TPSA) is 75.7 Å². The van der Waals surface area contributed by atoms with Gasteiger partial charge in [-0.25, -0.2) is 13.2 Å².